The van der Waals surface area contributed by atoms with E-state index >= 15 is 4.39 Å². The molecule has 0 saturated carbocycles. The smallest absolute Gasteiger partial charge is 0.319 e. The van der Waals surface area contributed by atoms with Crippen molar-refractivity contribution in [3.8, 4) is 5.75 Å². The zero-order chi connectivity index (χ0) is 26.8. The molecule has 0 radical (unpaired) electrons. The molecule has 1 aliphatic heterocycles. The molecule has 7 nitrogen and oxygen atoms in total. The van der Waals surface area contributed by atoms with E-state index in [1.54, 1.807) is 43.5 Å². The first-order valence-electron chi connectivity index (χ1n) is 12.5. The summed E-state index contributed by atoms with van der Waals surface area (Å²) in [5, 5.41) is 8.42. The van der Waals surface area contributed by atoms with E-state index in [4.69, 9.17) is 9.47 Å². The van der Waals surface area contributed by atoms with Gasteiger partial charge in [-0.2, -0.15) is 0 Å². The van der Waals surface area contributed by atoms with Crippen LogP contribution in [0.3, 0.4) is 0 Å². The summed E-state index contributed by atoms with van der Waals surface area (Å²) in [6.07, 6.45) is 3.67. The SMILES string of the molecule is C=C(Nc1ccc(NC(=O)NCCC(C)(C)F)cc1)c1c(F)cc(OCC2CCOCC2)cc1N=CC. The Balaban J connectivity index is 1.61. The molecule has 9 heteroatoms. The minimum Gasteiger partial charge on any atom is -0.493 e. The molecule has 0 bridgehead atoms. The van der Waals surface area contributed by atoms with Gasteiger partial charge in [-0.3, -0.25) is 4.99 Å². The van der Waals surface area contributed by atoms with Crippen molar-refractivity contribution in [1.29, 1.82) is 0 Å². The van der Waals surface area contributed by atoms with Crippen molar-refractivity contribution in [3.63, 3.8) is 0 Å². The molecule has 2 aromatic carbocycles. The minimum absolute atomic E-state index is 0.217. The molecule has 2 amide bonds. The normalized spacial score (nSPS) is 14.4. The topological polar surface area (TPSA) is 84.0 Å². The molecule has 200 valence electrons. The van der Waals surface area contributed by atoms with Crippen LogP contribution in [0.1, 0.15) is 45.6 Å². The molecule has 0 aliphatic carbocycles. The van der Waals surface area contributed by atoms with Gasteiger partial charge < -0.3 is 25.4 Å². The molecule has 1 aliphatic rings. The Morgan fingerprint density at radius 3 is 2.46 bits per heavy atom. The number of hydrogen-bond donors (Lipinski definition) is 3. The predicted octanol–water partition coefficient (Wildman–Crippen LogP) is 6.70. The van der Waals surface area contributed by atoms with Gasteiger partial charge >= 0.3 is 6.03 Å². The van der Waals surface area contributed by atoms with Crippen molar-refractivity contribution in [2.24, 2.45) is 10.9 Å². The Bertz CT molecular complexity index is 1090. The third-order valence-corrected chi connectivity index (χ3v) is 5.88. The summed E-state index contributed by atoms with van der Waals surface area (Å²) in [4.78, 5) is 16.3. The molecule has 0 aromatic heterocycles. The van der Waals surface area contributed by atoms with Crippen molar-refractivity contribution < 1.29 is 23.0 Å². The molecular formula is C28H36F2N4O3. The van der Waals surface area contributed by atoms with E-state index in [1.807, 2.05) is 0 Å². The van der Waals surface area contributed by atoms with Gasteiger partial charge in [0.05, 0.1) is 17.9 Å². The summed E-state index contributed by atoms with van der Waals surface area (Å²) in [5.41, 5.74) is 0.856. The minimum atomic E-state index is -1.34. The quantitative estimate of drug-likeness (QED) is 0.292. The van der Waals surface area contributed by atoms with Crippen molar-refractivity contribution in [3.05, 3.63) is 54.4 Å². The van der Waals surface area contributed by atoms with Crippen LogP contribution in [-0.2, 0) is 4.74 Å². The lowest BCUT2D eigenvalue weighted by Crippen LogP contribution is -2.32. The van der Waals surface area contributed by atoms with Gasteiger partial charge in [0.1, 0.15) is 17.2 Å². The molecular weight excluding hydrogens is 478 g/mol. The number of aliphatic imine (C=N–C) groups is 1. The summed E-state index contributed by atoms with van der Waals surface area (Å²) in [5.74, 6) is 0.316. The highest BCUT2D eigenvalue weighted by Crippen LogP contribution is 2.34. The molecule has 1 heterocycles. The Hall–Kier alpha value is -3.46. The predicted molar refractivity (Wildman–Crippen MR) is 145 cm³/mol. The first-order chi connectivity index (χ1) is 17.6. The highest BCUT2D eigenvalue weighted by Gasteiger charge is 2.18. The van der Waals surface area contributed by atoms with Gasteiger partial charge in [0.25, 0.3) is 0 Å². The van der Waals surface area contributed by atoms with E-state index in [9.17, 15) is 9.18 Å². The number of amides is 2. The fraction of sp³-hybridized carbons (Fsp3) is 0.429. The number of hydrogen-bond acceptors (Lipinski definition) is 5. The number of rotatable bonds is 11. The van der Waals surface area contributed by atoms with Gasteiger partial charge in [0.15, 0.2) is 0 Å². The monoisotopic (exact) mass is 514 g/mol. The second-order valence-electron chi connectivity index (χ2n) is 9.58. The second kappa shape index (κ2) is 13.2. The summed E-state index contributed by atoms with van der Waals surface area (Å²) in [6.45, 7) is 10.9. The third kappa shape index (κ3) is 9.17. The van der Waals surface area contributed by atoms with Crippen LogP contribution in [-0.4, -0.2) is 44.3 Å². The van der Waals surface area contributed by atoms with E-state index in [0.717, 1.165) is 26.1 Å². The molecule has 0 unspecified atom stereocenters. The lowest BCUT2D eigenvalue weighted by molar-refractivity contribution is 0.0497. The van der Waals surface area contributed by atoms with Crippen molar-refractivity contribution >= 4 is 35.0 Å². The Morgan fingerprint density at radius 2 is 1.84 bits per heavy atom. The third-order valence-electron chi connectivity index (χ3n) is 5.88. The van der Waals surface area contributed by atoms with Crippen molar-refractivity contribution in [1.82, 2.24) is 5.32 Å². The number of nitrogens with zero attached hydrogens (tertiary/aromatic N) is 1. The number of ether oxygens (including phenoxy) is 2. The number of carbonyl (C=O) groups excluding carboxylic acids is 1. The van der Waals surface area contributed by atoms with Crippen molar-refractivity contribution in [2.45, 2.75) is 45.7 Å². The van der Waals surface area contributed by atoms with E-state index in [2.05, 4.69) is 27.5 Å². The average molecular weight is 515 g/mol. The van der Waals surface area contributed by atoms with E-state index in [-0.39, 0.29) is 18.5 Å². The van der Waals surface area contributed by atoms with Gasteiger partial charge in [-0.05, 0) is 70.2 Å². The molecule has 3 rings (SSSR count). The Kier molecular flexibility index (Phi) is 10.0. The van der Waals surface area contributed by atoms with Crippen LogP contribution >= 0.6 is 0 Å². The number of nitrogens with one attached hydrogen (secondary N) is 3. The van der Waals surface area contributed by atoms with E-state index in [1.165, 1.54) is 19.9 Å². The van der Waals surface area contributed by atoms with Crippen LogP contribution < -0.4 is 20.7 Å². The van der Waals surface area contributed by atoms with Gasteiger partial charge in [0.2, 0.25) is 0 Å². The number of carbonyl (C=O) groups is 1. The average Bonchev–Trinajstić information content (AvgIpc) is 2.84. The Morgan fingerprint density at radius 1 is 1.19 bits per heavy atom. The zero-order valence-corrected chi connectivity index (χ0v) is 21.7. The van der Waals surface area contributed by atoms with Gasteiger partial charge in [-0.25, -0.2) is 13.6 Å². The summed E-state index contributed by atoms with van der Waals surface area (Å²) in [7, 11) is 0. The maximum atomic E-state index is 15.2. The van der Waals surface area contributed by atoms with Gasteiger partial charge in [-0.15, -0.1) is 0 Å². The van der Waals surface area contributed by atoms with Crippen LogP contribution in [0.5, 0.6) is 5.75 Å². The summed E-state index contributed by atoms with van der Waals surface area (Å²) >= 11 is 0. The van der Waals surface area contributed by atoms with Crippen LogP contribution in [0.15, 0.2) is 48.0 Å². The number of halogens is 2. The van der Waals surface area contributed by atoms with E-state index < -0.39 is 17.5 Å². The molecule has 3 N–H and O–H groups in total. The van der Waals surface area contributed by atoms with Gasteiger partial charge in [0, 0.05) is 55.2 Å². The Labute approximate surface area is 217 Å². The molecule has 1 fully saturated rings. The van der Waals surface area contributed by atoms with Gasteiger partial charge in [-0.1, -0.05) is 6.58 Å². The molecule has 37 heavy (non-hydrogen) atoms. The highest BCUT2D eigenvalue weighted by atomic mass is 19.1. The molecule has 0 atom stereocenters. The molecule has 0 spiro atoms. The van der Waals surface area contributed by atoms with Crippen LogP contribution in [0.25, 0.3) is 5.70 Å². The summed E-state index contributed by atoms with van der Waals surface area (Å²) < 4.78 is 40.0. The van der Waals surface area contributed by atoms with Crippen LogP contribution in [0.4, 0.5) is 30.6 Å². The number of anilines is 2. The lowest BCUT2D eigenvalue weighted by Gasteiger charge is -2.22. The largest absolute Gasteiger partial charge is 0.493 e. The maximum Gasteiger partial charge on any atom is 0.319 e. The number of alkyl halides is 1. The zero-order valence-electron chi connectivity index (χ0n) is 21.7. The van der Waals surface area contributed by atoms with Crippen LogP contribution in [0, 0.1) is 11.7 Å². The van der Waals surface area contributed by atoms with Crippen LogP contribution in [0.2, 0.25) is 0 Å². The standard InChI is InChI=1S/C28H36F2N4O3/c1-5-31-25-17-23(37-18-20-10-14-36-15-11-20)16-24(29)26(25)19(2)33-21-6-8-22(9-7-21)34-27(35)32-13-12-28(3,4)30/h5-9,16-17,20,33H,2,10-15,18H2,1,3-4H3,(H2,32,34,35). The molecule has 1 saturated heterocycles. The first-order valence-corrected chi connectivity index (χ1v) is 12.5. The summed E-state index contributed by atoms with van der Waals surface area (Å²) in [6, 6.07) is 9.50. The maximum absolute atomic E-state index is 15.2. The first kappa shape index (κ1) is 28.1. The lowest BCUT2D eigenvalue weighted by atomic mass is 10.0. The highest BCUT2D eigenvalue weighted by molar-refractivity contribution is 5.90. The number of benzene rings is 2. The second-order valence-corrected chi connectivity index (χ2v) is 9.58. The van der Waals surface area contributed by atoms with E-state index in [0.29, 0.717) is 41.0 Å². The molecule has 2 aromatic rings. The fourth-order valence-corrected chi connectivity index (χ4v) is 3.84. The fourth-order valence-electron chi connectivity index (χ4n) is 3.84. The van der Waals surface area contributed by atoms with Crippen molar-refractivity contribution in [2.75, 3.05) is 37.0 Å². The number of urea groups is 1.